The molecule has 0 bridgehead atoms. The Labute approximate surface area is 61.8 Å². The molecule has 1 N–H and O–H groups in total. The molecule has 0 aromatic carbocycles. The third-order valence-corrected chi connectivity index (χ3v) is 0.566. The van der Waals surface area contributed by atoms with E-state index in [9.17, 15) is 0 Å². The number of pyridine rings is 1. The van der Waals surface area contributed by atoms with Crippen molar-refractivity contribution >= 4 is 0 Å². The fraction of sp³-hybridized carbons (Fsp3) is 0. The maximum Gasteiger partial charge on any atom is 0.291 e. The summed E-state index contributed by atoms with van der Waals surface area (Å²) in [7, 11) is 0. The van der Waals surface area contributed by atoms with Crippen molar-refractivity contribution in [1.82, 2.24) is 4.98 Å². The van der Waals surface area contributed by atoms with E-state index in [1.54, 1.807) is 12.4 Å². The zero-order chi connectivity index (χ0) is 7.82. The molecule has 0 unspecified atom stereocenters. The molecular weight excluding hydrogens is 155 g/mol. The highest BCUT2D eigenvalue weighted by atomic mass is 19.0. The van der Waals surface area contributed by atoms with Crippen LogP contribution in [0.3, 0.4) is 0 Å². The van der Waals surface area contributed by atoms with Gasteiger partial charge in [0.2, 0.25) is 0 Å². The quantitative estimate of drug-likeness (QED) is 0.454. The fourth-order valence-electron chi connectivity index (χ4n) is 0.313. The molecule has 0 saturated heterocycles. The van der Waals surface area contributed by atoms with E-state index >= 15 is 0 Å². The summed E-state index contributed by atoms with van der Waals surface area (Å²) in [5.41, 5.74) is 0. The van der Waals surface area contributed by atoms with Crippen LogP contribution in [0, 0.1) is 10.1 Å². The number of aromatic nitrogens is 1. The van der Waals surface area contributed by atoms with Gasteiger partial charge in [0.1, 0.15) is 0 Å². The third kappa shape index (κ3) is 17.8. The Morgan fingerprint density at radius 3 is 1.73 bits per heavy atom. The Morgan fingerprint density at radius 2 is 1.64 bits per heavy atom. The van der Waals surface area contributed by atoms with Crippen LogP contribution >= 0.6 is 0 Å². The molecule has 0 saturated carbocycles. The summed E-state index contributed by atoms with van der Waals surface area (Å²) < 4.78 is 0. The molecule has 11 heavy (non-hydrogen) atoms. The molecule has 1 aromatic heterocycles. The summed E-state index contributed by atoms with van der Waals surface area (Å²) in [6.07, 6.45) is 3.50. The van der Waals surface area contributed by atoms with Crippen molar-refractivity contribution in [3.63, 3.8) is 0 Å². The van der Waals surface area contributed by atoms with Crippen molar-refractivity contribution in [2.75, 3.05) is 0 Å². The standard InChI is InChI=1S/C5H5N.FH.HNO3/c1-2-4-6-5-3-1;;2-1(3)4/h1-5H;1H;(H,2,3,4). The Bertz CT molecular complexity index is 152. The minimum atomic E-state index is -1.50. The molecule has 0 aliphatic carbocycles. The van der Waals surface area contributed by atoms with Crippen LogP contribution in [-0.4, -0.2) is 15.3 Å². The van der Waals surface area contributed by atoms with Crippen LogP contribution in [0.1, 0.15) is 0 Å². The summed E-state index contributed by atoms with van der Waals surface area (Å²) in [5, 5.41) is 13.6. The van der Waals surface area contributed by atoms with Gasteiger partial charge in [0, 0.05) is 12.4 Å². The molecule has 0 spiro atoms. The smallest absolute Gasteiger partial charge is 0.291 e. The first-order chi connectivity index (χ1) is 4.73. The predicted molar refractivity (Wildman–Crippen MR) is 35.5 cm³/mol. The Kier molecular flexibility index (Phi) is 9.04. The van der Waals surface area contributed by atoms with Crippen molar-refractivity contribution < 1.29 is 15.0 Å². The second kappa shape index (κ2) is 8.28. The molecule has 0 amide bonds. The lowest BCUT2D eigenvalue weighted by molar-refractivity contribution is -0.742. The topological polar surface area (TPSA) is 76.3 Å². The summed E-state index contributed by atoms with van der Waals surface area (Å²) in [6.45, 7) is 0. The lowest BCUT2D eigenvalue weighted by atomic mass is 10.5. The van der Waals surface area contributed by atoms with Gasteiger partial charge in [-0.3, -0.25) is 9.69 Å². The van der Waals surface area contributed by atoms with Crippen LogP contribution in [0.15, 0.2) is 30.6 Å². The highest BCUT2D eigenvalue weighted by Gasteiger charge is 1.65. The van der Waals surface area contributed by atoms with E-state index in [0.717, 1.165) is 0 Å². The van der Waals surface area contributed by atoms with E-state index in [1.165, 1.54) is 0 Å². The zero-order valence-electron chi connectivity index (χ0n) is 5.45. The van der Waals surface area contributed by atoms with E-state index in [2.05, 4.69) is 4.98 Å². The van der Waals surface area contributed by atoms with E-state index in [-0.39, 0.29) is 4.70 Å². The molecule has 5 nitrogen and oxygen atoms in total. The van der Waals surface area contributed by atoms with Gasteiger partial charge in [-0.1, -0.05) is 6.07 Å². The number of hydrogen-bond acceptors (Lipinski definition) is 3. The van der Waals surface area contributed by atoms with E-state index in [1.807, 2.05) is 18.2 Å². The first kappa shape index (κ1) is 12.0. The van der Waals surface area contributed by atoms with Crippen molar-refractivity contribution in [2.24, 2.45) is 0 Å². The van der Waals surface area contributed by atoms with E-state index < -0.39 is 5.09 Å². The lowest BCUT2D eigenvalue weighted by Gasteiger charge is -1.70. The molecular formula is C5H7FN2O3. The van der Waals surface area contributed by atoms with Crippen LogP contribution in [0.5, 0.6) is 0 Å². The van der Waals surface area contributed by atoms with Crippen molar-refractivity contribution in [1.29, 1.82) is 0 Å². The van der Waals surface area contributed by atoms with Gasteiger partial charge in [0.25, 0.3) is 5.09 Å². The highest BCUT2D eigenvalue weighted by Crippen LogP contribution is 1.73. The first-order valence-electron chi connectivity index (χ1n) is 2.41. The molecule has 0 atom stereocenters. The SMILES string of the molecule is F.O=[N+]([O-])O.c1ccncc1. The first-order valence-corrected chi connectivity index (χ1v) is 2.41. The van der Waals surface area contributed by atoms with Crippen molar-refractivity contribution in [2.45, 2.75) is 0 Å². The summed E-state index contributed by atoms with van der Waals surface area (Å²) in [5.74, 6) is 0. The fourth-order valence-corrected chi connectivity index (χ4v) is 0.313. The monoisotopic (exact) mass is 162 g/mol. The maximum absolute atomic E-state index is 8.36. The van der Waals surface area contributed by atoms with Gasteiger partial charge in [-0.25, -0.2) is 0 Å². The second-order valence-electron chi connectivity index (χ2n) is 1.26. The van der Waals surface area contributed by atoms with Crippen LogP contribution in [-0.2, 0) is 0 Å². The van der Waals surface area contributed by atoms with Crippen LogP contribution in [0.4, 0.5) is 4.70 Å². The van der Waals surface area contributed by atoms with Gasteiger partial charge >= 0.3 is 0 Å². The van der Waals surface area contributed by atoms with Crippen molar-refractivity contribution in [3.05, 3.63) is 40.7 Å². The van der Waals surface area contributed by atoms with E-state index in [4.69, 9.17) is 15.3 Å². The predicted octanol–water partition coefficient (Wildman–Crippen LogP) is 0.886. The average molecular weight is 162 g/mol. The van der Waals surface area contributed by atoms with Gasteiger partial charge in [-0.05, 0) is 12.1 Å². The molecule has 0 aliphatic rings. The molecule has 1 aromatic rings. The van der Waals surface area contributed by atoms with Gasteiger partial charge in [-0.15, -0.1) is 10.1 Å². The Hall–Kier alpha value is -1.72. The summed E-state index contributed by atoms with van der Waals surface area (Å²) >= 11 is 0. The number of hydrogen-bond donors (Lipinski definition) is 1. The number of rotatable bonds is 0. The maximum atomic E-state index is 8.36. The van der Waals surface area contributed by atoms with E-state index in [0.29, 0.717) is 0 Å². The summed E-state index contributed by atoms with van der Waals surface area (Å²) in [4.78, 5) is 12.1. The lowest BCUT2D eigenvalue weighted by Crippen LogP contribution is -1.81. The minimum absolute atomic E-state index is 0. The molecule has 6 heteroatoms. The van der Waals surface area contributed by atoms with Gasteiger partial charge in [-0.2, -0.15) is 0 Å². The van der Waals surface area contributed by atoms with Crippen LogP contribution in [0.2, 0.25) is 0 Å². The molecule has 0 aliphatic heterocycles. The van der Waals surface area contributed by atoms with Crippen LogP contribution < -0.4 is 0 Å². The molecule has 62 valence electrons. The Balaban J connectivity index is 0. The third-order valence-electron chi connectivity index (χ3n) is 0.566. The normalized spacial score (nSPS) is 6.55. The minimum Gasteiger partial charge on any atom is -0.328 e. The molecule has 0 fully saturated rings. The van der Waals surface area contributed by atoms with Crippen molar-refractivity contribution in [3.8, 4) is 0 Å². The van der Waals surface area contributed by atoms with Gasteiger partial charge in [0.05, 0.1) is 0 Å². The van der Waals surface area contributed by atoms with Gasteiger partial charge in [0.15, 0.2) is 0 Å². The molecule has 0 radical (unpaired) electrons. The summed E-state index contributed by atoms with van der Waals surface area (Å²) in [6, 6.07) is 5.72. The van der Waals surface area contributed by atoms with Crippen LogP contribution in [0.25, 0.3) is 0 Å². The zero-order valence-corrected chi connectivity index (χ0v) is 5.45. The van der Waals surface area contributed by atoms with Gasteiger partial charge < -0.3 is 5.21 Å². The molecule has 1 rings (SSSR count). The largest absolute Gasteiger partial charge is 0.328 e. The number of nitrogens with zero attached hydrogens (tertiary/aromatic N) is 2. The number of halogens is 1. The average Bonchev–Trinajstić information content (AvgIpc) is 1.90. The Morgan fingerprint density at radius 1 is 1.27 bits per heavy atom. The molecule has 1 heterocycles. The second-order valence-corrected chi connectivity index (χ2v) is 1.26. The highest BCUT2D eigenvalue weighted by molar-refractivity contribution is 4.88.